The fourth-order valence-electron chi connectivity index (χ4n) is 2.18. The Morgan fingerprint density at radius 2 is 2.21 bits per heavy atom. The zero-order valence-corrected chi connectivity index (χ0v) is 10.1. The minimum Gasteiger partial charge on any atom is -0.481 e. The smallest absolute Gasteiger partial charge is 0.327 e. The number of nitrogens with zero attached hydrogens (tertiary/aromatic N) is 1. The first-order valence-corrected chi connectivity index (χ1v) is 5.86. The highest BCUT2D eigenvalue weighted by Gasteiger charge is 2.44. The predicted molar refractivity (Wildman–Crippen MR) is 65.5 cm³/mol. The van der Waals surface area contributed by atoms with Crippen LogP contribution in [0, 0.1) is 21.3 Å². The number of hydrogen-bond acceptors (Lipinski definition) is 4. The molecule has 0 saturated heterocycles. The molecule has 0 amide bonds. The van der Waals surface area contributed by atoms with Crippen LogP contribution in [0.1, 0.15) is 19.3 Å². The summed E-state index contributed by atoms with van der Waals surface area (Å²) in [5, 5.41) is 22.6. The van der Waals surface area contributed by atoms with Crippen molar-refractivity contribution in [2.75, 3.05) is 11.9 Å². The van der Waals surface area contributed by atoms with Crippen LogP contribution in [0.5, 0.6) is 0 Å². The van der Waals surface area contributed by atoms with Crippen LogP contribution in [0.15, 0.2) is 18.2 Å². The normalized spacial score (nSPS) is 16.5. The summed E-state index contributed by atoms with van der Waals surface area (Å²) in [5.41, 5.74) is -1.53. The number of halogens is 1. The number of carboxylic acids is 1. The standard InChI is InChI=1S/C12H13FN2O4/c13-8-3-1-4-9(10(8)15(18)19)14-7-12(11(16)17)5-2-6-12/h1,3-4,14H,2,5-7H2,(H,16,17). The fraction of sp³-hybridized carbons (Fsp3) is 0.417. The third-order valence-electron chi connectivity index (χ3n) is 3.55. The number of benzene rings is 1. The van der Waals surface area contributed by atoms with Gasteiger partial charge in [-0.1, -0.05) is 12.5 Å². The predicted octanol–water partition coefficient (Wildman–Crippen LogP) is 2.40. The molecule has 2 rings (SSSR count). The highest BCUT2D eigenvalue weighted by Crippen LogP contribution is 2.41. The minimum atomic E-state index is -0.937. The van der Waals surface area contributed by atoms with E-state index in [1.54, 1.807) is 0 Å². The van der Waals surface area contributed by atoms with Crippen molar-refractivity contribution in [1.82, 2.24) is 0 Å². The summed E-state index contributed by atoms with van der Waals surface area (Å²) >= 11 is 0. The lowest BCUT2D eigenvalue weighted by Gasteiger charge is -2.37. The van der Waals surface area contributed by atoms with E-state index in [0.717, 1.165) is 12.5 Å². The largest absolute Gasteiger partial charge is 0.481 e. The molecule has 1 aromatic rings. The number of carbonyl (C=O) groups is 1. The van der Waals surface area contributed by atoms with E-state index in [0.29, 0.717) is 12.8 Å². The molecule has 0 aliphatic heterocycles. The average molecular weight is 268 g/mol. The zero-order valence-electron chi connectivity index (χ0n) is 10.1. The van der Waals surface area contributed by atoms with Crippen molar-refractivity contribution in [3.8, 4) is 0 Å². The summed E-state index contributed by atoms with van der Waals surface area (Å²) in [6.07, 6.45) is 1.87. The maximum Gasteiger partial charge on any atom is 0.327 e. The molecule has 1 aliphatic carbocycles. The molecule has 102 valence electrons. The van der Waals surface area contributed by atoms with Gasteiger partial charge in [0.15, 0.2) is 0 Å². The van der Waals surface area contributed by atoms with Crippen molar-refractivity contribution in [2.24, 2.45) is 5.41 Å². The molecular formula is C12H13FN2O4. The molecule has 0 radical (unpaired) electrons. The molecule has 7 heteroatoms. The zero-order chi connectivity index (χ0) is 14.0. The van der Waals surface area contributed by atoms with Crippen molar-refractivity contribution in [3.05, 3.63) is 34.1 Å². The van der Waals surface area contributed by atoms with Gasteiger partial charge in [0.2, 0.25) is 5.82 Å². The van der Waals surface area contributed by atoms with Gasteiger partial charge in [-0.3, -0.25) is 14.9 Å². The third-order valence-corrected chi connectivity index (χ3v) is 3.55. The van der Waals surface area contributed by atoms with Crippen LogP contribution in [0.25, 0.3) is 0 Å². The van der Waals surface area contributed by atoms with Gasteiger partial charge >= 0.3 is 11.7 Å². The molecule has 1 aliphatic rings. The maximum atomic E-state index is 13.4. The molecule has 0 spiro atoms. The Balaban J connectivity index is 2.18. The number of anilines is 1. The van der Waals surface area contributed by atoms with Gasteiger partial charge in [-0.2, -0.15) is 4.39 Å². The monoisotopic (exact) mass is 268 g/mol. The average Bonchev–Trinajstić information content (AvgIpc) is 2.26. The van der Waals surface area contributed by atoms with Crippen LogP contribution in [0.4, 0.5) is 15.8 Å². The van der Waals surface area contributed by atoms with Crippen molar-refractivity contribution < 1.29 is 19.2 Å². The summed E-state index contributed by atoms with van der Waals surface area (Å²) in [4.78, 5) is 21.1. The quantitative estimate of drug-likeness (QED) is 0.631. The van der Waals surface area contributed by atoms with E-state index in [9.17, 15) is 19.3 Å². The van der Waals surface area contributed by atoms with Crippen LogP contribution in [0.2, 0.25) is 0 Å². The topological polar surface area (TPSA) is 92.5 Å². The molecule has 0 unspecified atom stereocenters. The van der Waals surface area contributed by atoms with Crippen molar-refractivity contribution in [1.29, 1.82) is 0 Å². The van der Waals surface area contributed by atoms with Crippen LogP contribution in [-0.2, 0) is 4.79 Å². The van der Waals surface area contributed by atoms with Crippen molar-refractivity contribution in [3.63, 3.8) is 0 Å². The number of rotatable bonds is 5. The summed E-state index contributed by atoms with van der Waals surface area (Å²) in [6.45, 7) is 0.0621. The number of hydrogen-bond donors (Lipinski definition) is 2. The van der Waals surface area contributed by atoms with Crippen LogP contribution in [-0.4, -0.2) is 22.5 Å². The lowest BCUT2D eigenvalue weighted by atomic mass is 9.69. The Labute approximate surface area is 108 Å². The van der Waals surface area contributed by atoms with Crippen molar-refractivity contribution in [2.45, 2.75) is 19.3 Å². The van der Waals surface area contributed by atoms with E-state index in [1.807, 2.05) is 0 Å². The van der Waals surface area contributed by atoms with Crippen LogP contribution >= 0.6 is 0 Å². The first kappa shape index (κ1) is 13.3. The number of nitro benzene ring substituents is 1. The second-order valence-corrected chi connectivity index (χ2v) is 4.69. The number of aliphatic carboxylic acids is 1. The van der Waals surface area contributed by atoms with E-state index in [1.165, 1.54) is 12.1 Å². The number of para-hydroxylation sites is 1. The second-order valence-electron chi connectivity index (χ2n) is 4.69. The van der Waals surface area contributed by atoms with E-state index < -0.39 is 27.8 Å². The summed E-state index contributed by atoms with van der Waals surface area (Å²) in [5.74, 6) is -1.86. The molecule has 6 nitrogen and oxygen atoms in total. The highest BCUT2D eigenvalue weighted by atomic mass is 19.1. The molecule has 0 atom stereocenters. The first-order chi connectivity index (χ1) is 8.96. The van der Waals surface area contributed by atoms with Gasteiger partial charge in [0.1, 0.15) is 5.69 Å². The molecule has 0 heterocycles. The molecule has 0 bridgehead atoms. The lowest BCUT2D eigenvalue weighted by molar-refractivity contribution is -0.386. The van der Waals surface area contributed by atoms with Gasteiger partial charge in [0.25, 0.3) is 0 Å². The lowest BCUT2D eigenvalue weighted by Crippen LogP contribution is -2.43. The van der Waals surface area contributed by atoms with Gasteiger partial charge in [-0.15, -0.1) is 0 Å². The molecular weight excluding hydrogens is 255 g/mol. The SMILES string of the molecule is O=C(O)C1(CNc2cccc(F)c2[N+](=O)[O-])CCC1. The molecule has 1 aromatic carbocycles. The maximum absolute atomic E-state index is 13.4. The number of nitro groups is 1. The first-order valence-electron chi connectivity index (χ1n) is 5.86. The summed E-state index contributed by atoms with van der Waals surface area (Å²) in [7, 11) is 0. The fourth-order valence-corrected chi connectivity index (χ4v) is 2.18. The van der Waals surface area contributed by atoms with Crippen molar-refractivity contribution >= 4 is 17.3 Å². The van der Waals surface area contributed by atoms with E-state index >= 15 is 0 Å². The number of nitrogens with one attached hydrogen (secondary N) is 1. The molecule has 1 fully saturated rings. The van der Waals surface area contributed by atoms with Crippen LogP contribution in [0.3, 0.4) is 0 Å². The van der Waals surface area contributed by atoms with Gasteiger partial charge in [0.05, 0.1) is 10.3 Å². The van der Waals surface area contributed by atoms with Gasteiger partial charge < -0.3 is 10.4 Å². The third kappa shape index (κ3) is 2.35. The Morgan fingerprint density at radius 1 is 1.53 bits per heavy atom. The Bertz CT molecular complexity index is 528. The summed E-state index contributed by atoms with van der Waals surface area (Å²) < 4.78 is 13.4. The van der Waals surface area contributed by atoms with Gasteiger partial charge in [0, 0.05) is 6.54 Å². The van der Waals surface area contributed by atoms with E-state index in [2.05, 4.69) is 5.32 Å². The Kier molecular flexibility index (Phi) is 3.37. The minimum absolute atomic E-state index is 0.0116. The molecule has 1 saturated carbocycles. The van der Waals surface area contributed by atoms with Crippen LogP contribution < -0.4 is 5.32 Å². The molecule has 2 N–H and O–H groups in total. The van der Waals surface area contributed by atoms with E-state index in [-0.39, 0.29) is 12.2 Å². The number of carboxylic acid groups (broad SMARTS) is 1. The molecule has 19 heavy (non-hydrogen) atoms. The van der Waals surface area contributed by atoms with Gasteiger partial charge in [-0.25, -0.2) is 0 Å². The molecule has 0 aromatic heterocycles. The Hall–Kier alpha value is -2.18. The van der Waals surface area contributed by atoms with Gasteiger partial charge in [-0.05, 0) is 25.0 Å². The Morgan fingerprint density at radius 3 is 2.68 bits per heavy atom. The van der Waals surface area contributed by atoms with E-state index in [4.69, 9.17) is 5.11 Å². The highest BCUT2D eigenvalue weighted by molar-refractivity contribution is 5.77. The summed E-state index contributed by atoms with van der Waals surface area (Å²) in [6, 6.07) is 3.72. The second kappa shape index (κ2) is 4.83.